The minimum atomic E-state index is -4.86. The number of piperazine rings is 1. The molecule has 80 heavy (non-hydrogen) atoms. The molecule has 0 spiro atoms. The number of aliphatic imine (C=N–C) groups is 1. The Morgan fingerprint density at radius 3 is 1.93 bits per heavy atom. The number of aliphatic hydroxyl groups is 1. The first-order chi connectivity index (χ1) is 37.6. The lowest BCUT2D eigenvalue weighted by Gasteiger charge is -2.47. The first-order valence-corrected chi connectivity index (χ1v) is 25.8. The summed E-state index contributed by atoms with van der Waals surface area (Å²) >= 11 is 0. The predicted octanol–water partition coefficient (Wildman–Crippen LogP) is 6.99. The van der Waals surface area contributed by atoms with Crippen LogP contribution in [-0.4, -0.2) is 148 Å². The number of carbonyl (C=O) groups is 4. The lowest BCUT2D eigenvalue weighted by atomic mass is 9.76. The molecule has 3 aliphatic heterocycles. The molecule has 3 aliphatic rings. The topological polar surface area (TPSA) is 224 Å². The maximum Gasteiger partial charge on any atom is 0.407 e. The van der Waals surface area contributed by atoms with E-state index in [1.807, 2.05) is 12.1 Å². The maximum atomic E-state index is 14.2. The average molecular weight is 1140 g/mol. The lowest BCUT2D eigenvalue weighted by molar-refractivity contribution is -0.229. The van der Waals surface area contributed by atoms with Gasteiger partial charge in [-0.25, -0.2) is 18.6 Å². The molecule has 6 atom stereocenters. The summed E-state index contributed by atoms with van der Waals surface area (Å²) in [6.45, 7) is 6.46. The number of aromatic nitrogens is 1. The number of nitrogens with one attached hydrogen (secondary N) is 2. The van der Waals surface area contributed by atoms with E-state index in [4.69, 9.17) is 21.2 Å². The highest BCUT2D eigenvalue weighted by Crippen LogP contribution is 2.45. The SMILES string of the molecule is COC(=O)C[C@H](C(N)=O)C(C)(C)C(F)(F)F.COC(=O)N[C@H](C(=O)C[C@@H](Cc1ccc(C#Cc2ccc(N3CC4CCC(C3)N4C3COC3)nc2)cc1)[C@@H](O)CNCc1ccc(C(N)=CC=NCC(F)F)cc1)C(C)(C)C(F)(F)F. The van der Waals surface area contributed by atoms with Gasteiger partial charge in [-0.3, -0.25) is 24.3 Å². The van der Waals surface area contributed by atoms with Gasteiger partial charge in [0.25, 0.3) is 6.43 Å². The minimum Gasteiger partial charge on any atom is -0.469 e. The summed E-state index contributed by atoms with van der Waals surface area (Å²) in [6.07, 6.45) is -8.70. The van der Waals surface area contributed by atoms with Crippen LogP contribution in [-0.2, 0) is 41.6 Å². The van der Waals surface area contributed by atoms with E-state index < -0.39 is 96.7 Å². The standard InChI is InChI=1S/C47H56F5N7O5.C9H14F3NO3/c1-46(2,47(50,51)52)44(57-45(62)63-3)40(60)21-35(41(61)24-55-22-32-10-13-34(14-11-32)39(53)18-19-54-25-42(48)49)20-31-7-4-30(5-8-31)6-9-33-12-17-43(56-23-33)58-26-36-15-16-37(27-58)59(36)38-28-64-29-38;1-8(2,9(10,11)12)5(7(13)15)4-6(14)16-3/h4-5,7-8,10-14,17-19,23,35-38,41-42,44,55,61H,15-16,20-22,24-29,53H2,1-3H3,(H,57,62);5H,4H2,1-3H3,(H2,13,15)/t35-,36?,37?,41+,44-;5-/m11/s1. The Kier molecular flexibility index (Phi) is 22.6. The van der Waals surface area contributed by atoms with E-state index in [9.17, 15) is 59.4 Å². The Morgan fingerprint density at radius 2 is 1.41 bits per heavy atom. The number of primary amides is 1. The van der Waals surface area contributed by atoms with Crippen LogP contribution in [0.2, 0.25) is 0 Å². The van der Waals surface area contributed by atoms with Gasteiger partial charge in [0.05, 0.1) is 69.3 Å². The first kappa shape index (κ1) is 64.1. The van der Waals surface area contributed by atoms with Gasteiger partial charge in [-0.05, 0) is 86.1 Å². The monoisotopic (exact) mass is 1130 g/mol. The molecule has 2 unspecified atom stereocenters. The van der Waals surface area contributed by atoms with Crippen molar-refractivity contribution in [1.29, 1.82) is 0 Å². The summed E-state index contributed by atoms with van der Waals surface area (Å²) < 4.78 is 120. The molecule has 7 N–H and O–H groups in total. The number of nitrogens with two attached hydrogens (primary N) is 2. The zero-order valence-electron chi connectivity index (χ0n) is 45.4. The number of alkyl carbamates (subject to hydrolysis) is 1. The van der Waals surface area contributed by atoms with Crippen LogP contribution >= 0.6 is 0 Å². The van der Waals surface area contributed by atoms with Crippen LogP contribution in [0.5, 0.6) is 0 Å². The molecule has 4 heterocycles. The van der Waals surface area contributed by atoms with Crippen LogP contribution in [0.4, 0.5) is 45.7 Å². The van der Waals surface area contributed by atoms with Crippen LogP contribution < -0.4 is 27.0 Å². The fourth-order valence-electron chi connectivity index (χ4n) is 9.53. The summed E-state index contributed by atoms with van der Waals surface area (Å²) in [5, 5.41) is 16.7. The summed E-state index contributed by atoms with van der Waals surface area (Å²) in [6, 6.07) is 17.7. The Balaban J connectivity index is 0.000000637. The molecule has 2 amide bonds. The predicted molar refractivity (Wildman–Crippen MR) is 283 cm³/mol. The third-order valence-electron chi connectivity index (χ3n) is 14.8. The van der Waals surface area contributed by atoms with Crippen LogP contribution in [0.1, 0.15) is 81.2 Å². The number of rotatable bonds is 22. The number of esters is 1. The number of ketones is 1. The van der Waals surface area contributed by atoms with Gasteiger partial charge in [-0.15, -0.1) is 0 Å². The van der Waals surface area contributed by atoms with Gasteiger partial charge in [-0.2, -0.15) is 26.3 Å². The molecule has 24 heteroatoms. The van der Waals surface area contributed by atoms with Crippen molar-refractivity contribution in [3.8, 4) is 11.8 Å². The van der Waals surface area contributed by atoms with Crippen molar-refractivity contribution in [1.82, 2.24) is 20.5 Å². The van der Waals surface area contributed by atoms with Crippen molar-refractivity contribution in [2.45, 2.75) is 115 Å². The van der Waals surface area contributed by atoms with Crippen LogP contribution in [0, 0.1) is 34.5 Å². The Bertz CT molecular complexity index is 2660. The fourth-order valence-corrected chi connectivity index (χ4v) is 9.53. The highest BCUT2D eigenvalue weighted by atomic mass is 19.4. The smallest absolute Gasteiger partial charge is 0.407 e. The normalized spacial score (nSPS) is 18.7. The van der Waals surface area contributed by atoms with Crippen molar-refractivity contribution in [3.63, 3.8) is 0 Å². The van der Waals surface area contributed by atoms with Gasteiger partial charge >= 0.3 is 24.4 Å². The number of amides is 2. The van der Waals surface area contributed by atoms with E-state index in [1.165, 1.54) is 25.1 Å². The molecule has 438 valence electrons. The maximum absolute atomic E-state index is 14.2. The van der Waals surface area contributed by atoms with Crippen LogP contribution in [0.25, 0.3) is 5.70 Å². The third kappa shape index (κ3) is 17.4. The molecular weight excluding hydrogens is 1060 g/mol. The number of methoxy groups -OCH3 is 2. The third-order valence-corrected chi connectivity index (χ3v) is 14.8. The molecule has 0 radical (unpaired) electrons. The summed E-state index contributed by atoms with van der Waals surface area (Å²) in [5.74, 6) is 1.75. The number of ether oxygens (including phenoxy) is 3. The molecule has 3 fully saturated rings. The molecule has 6 rings (SSSR count). The van der Waals surface area contributed by atoms with E-state index in [0.29, 0.717) is 40.5 Å². The van der Waals surface area contributed by atoms with E-state index in [0.717, 1.165) is 85.2 Å². The highest BCUT2D eigenvalue weighted by Gasteiger charge is 2.56. The lowest BCUT2D eigenvalue weighted by Crippen LogP contribution is -2.62. The molecule has 0 saturated carbocycles. The van der Waals surface area contributed by atoms with Crippen molar-refractivity contribution >= 4 is 41.5 Å². The zero-order valence-corrected chi connectivity index (χ0v) is 45.4. The number of aliphatic hydroxyl groups excluding tert-OH is 1. The van der Waals surface area contributed by atoms with Crippen molar-refractivity contribution < 1.29 is 73.6 Å². The van der Waals surface area contributed by atoms with E-state index in [-0.39, 0.29) is 19.5 Å². The minimum absolute atomic E-state index is 0.0241. The van der Waals surface area contributed by atoms with Gasteiger partial charge in [0, 0.05) is 73.9 Å². The number of alkyl halides is 8. The summed E-state index contributed by atoms with van der Waals surface area (Å²) in [5.41, 5.74) is 9.81. The number of benzene rings is 2. The largest absolute Gasteiger partial charge is 0.469 e. The summed E-state index contributed by atoms with van der Waals surface area (Å²) in [7, 11) is 2.02. The highest BCUT2D eigenvalue weighted by molar-refractivity contribution is 5.88. The number of Topliss-reactive ketones (excluding diaryl/α,β-unsaturated/α-hetero) is 1. The quantitative estimate of drug-likeness (QED) is 0.0297. The Hall–Kier alpha value is -6.68. The molecule has 1 aromatic heterocycles. The van der Waals surface area contributed by atoms with E-state index in [1.54, 1.807) is 54.7 Å². The second-order valence-electron chi connectivity index (χ2n) is 21.1. The first-order valence-electron chi connectivity index (χ1n) is 25.8. The average Bonchev–Trinajstić information content (AvgIpc) is 3.61. The second-order valence-corrected chi connectivity index (χ2v) is 21.1. The van der Waals surface area contributed by atoms with Crippen molar-refractivity contribution in [2.24, 2.45) is 39.1 Å². The molecule has 2 aromatic carbocycles. The molecule has 0 aliphatic carbocycles. The number of hydrogen-bond donors (Lipinski definition) is 5. The summed E-state index contributed by atoms with van der Waals surface area (Å²) in [4.78, 5) is 61.1. The van der Waals surface area contributed by atoms with Gasteiger partial charge in [0.2, 0.25) is 5.91 Å². The molecule has 2 bridgehead atoms. The Morgan fingerprint density at radius 1 is 0.825 bits per heavy atom. The molecule has 3 saturated heterocycles. The van der Waals surface area contributed by atoms with Gasteiger partial charge in [0.1, 0.15) is 11.9 Å². The Labute approximate surface area is 460 Å². The van der Waals surface area contributed by atoms with Crippen LogP contribution in [0.3, 0.4) is 0 Å². The fraction of sp³-hybridized carbons (Fsp3) is 0.536. The number of pyridine rings is 1. The van der Waals surface area contributed by atoms with E-state index >= 15 is 0 Å². The van der Waals surface area contributed by atoms with Gasteiger partial charge in [-0.1, -0.05) is 62.1 Å². The second kappa shape index (κ2) is 28.1. The van der Waals surface area contributed by atoms with Crippen LogP contribution in [0.15, 0.2) is 77.9 Å². The number of fused-ring (bicyclic) bond motifs is 2. The molecule has 3 aromatic rings. The number of nitrogens with zero attached hydrogens (tertiary/aromatic N) is 4. The van der Waals surface area contributed by atoms with E-state index in [2.05, 4.69) is 46.7 Å². The van der Waals surface area contributed by atoms with Gasteiger partial charge < -0.3 is 46.3 Å². The number of carbonyl (C=O) groups excluding carboxylic acids is 4. The zero-order chi connectivity index (χ0) is 59.2. The molecule has 16 nitrogen and oxygen atoms in total. The number of halogens is 8. The number of hydrogen-bond acceptors (Lipinski definition) is 14. The number of allylic oxidation sites excluding steroid dienone is 1. The number of anilines is 1. The van der Waals surface area contributed by atoms with Crippen molar-refractivity contribution in [2.75, 3.05) is 58.5 Å². The van der Waals surface area contributed by atoms with Crippen molar-refractivity contribution in [3.05, 3.63) is 101 Å². The van der Waals surface area contributed by atoms with Gasteiger partial charge in [0.15, 0.2) is 5.78 Å². The molecular formula is C56H70F8N8O8.